The molecule has 0 amide bonds. The summed E-state index contributed by atoms with van der Waals surface area (Å²) >= 11 is 5.15. The lowest BCUT2D eigenvalue weighted by Crippen LogP contribution is -2.18. The second-order valence-corrected chi connectivity index (χ2v) is 6.40. The molecule has 15 heavy (non-hydrogen) atoms. The Labute approximate surface area is 104 Å². The van der Waals surface area contributed by atoms with E-state index in [4.69, 9.17) is 0 Å². The summed E-state index contributed by atoms with van der Waals surface area (Å²) in [5.74, 6) is 1.32. The Hall–Kier alpha value is 0.140. The molecule has 0 saturated heterocycles. The molecular formula is C12H17BrOS. The van der Waals surface area contributed by atoms with Crippen molar-refractivity contribution in [1.82, 2.24) is 0 Å². The largest absolute Gasteiger partial charge is 0.387 e. The molecule has 1 unspecified atom stereocenters. The fraction of sp³-hybridized carbons (Fsp3) is 0.667. The Morgan fingerprint density at radius 3 is 2.60 bits per heavy atom. The lowest BCUT2D eigenvalue weighted by molar-refractivity contribution is 0.0779. The normalized spacial score (nSPS) is 29.0. The molecule has 1 nitrogen and oxygen atoms in total. The molecule has 1 aromatic heterocycles. The standard InChI is InChI=1S/C12H17BrOS/c1-8-2-4-9(5-3-8)11(14)12-10(13)6-7-15-12/h6-9,11,14H,2-5H2,1H3. The summed E-state index contributed by atoms with van der Waals surface area (Å²) in [5, 5.41) is 12.3. The van der Waals surface area contributed by atoms with Gasteiger partial charge in [-0.1, -0.05) is 19.8 Å². The van der Waals surface area contributed by atoms with Crippen molar-refractivity contribution in [1.29, 1.82) is 0 Å². The lowest BCUT2D eigenvalue weighted by atomic mass is 9.80. The third-order valence-corrected chi connectivity index (χ3v) is 5.36. The maximum atomic E-state index is 10.3. The topological polar surface area (TPSA) is 20.2 Å². The number of hydrogen-bond donors (Lipinski definition) is 1. The second kappa shape index (κ2) is 4.98. The van der Waals surface area contributed by atoms with E-state index in [0.717, 1.165) is 15.3 Å². The highest BCUT2D eigenvalue weighted by atomic mass is 79.9. The summed E-state index contributed by atoms with van der Waals surface area (Å²) in [4.78, 5) is 1.11. The van der Waals surface area contributed by atoms with Gasteiger partial charge in [0.15, 0.2) is 0 Å². The molecule has 0 aromatic carbocycles. The predicted octanol–water partition coefficient (Wildman–Crippen LogP) is 4.37. The molecule has 1 aliphatic rings. The molecule has 1 fully saturated rings. The molecular weight excluding hydrogens is 272 g/mol. The summed E-state index contributed by atoms with van der Waals surface area (Å²) in [6.45, 7) is 2.31. The Morgan fingerprint density at radius 2 is 2.07 bits per heavy atom. The Morgan fingerprint density at radius 1 is 1.40 bits per heavy atom. The molecule has 3 heteroatoms. The van der Waals surface area contributed by atoms with E-state index in [-0.39, 0.29) is 6.10 Å². The zero-order valence-electron chi connectivity index (χ0n) is 8.95. The Bertz CT molecular complexity index is 315. The molecule has 0 spiro atoms. The Kier molecular flexibility index (Phi) is 3.86. The quantitative estimate of drug-likeness (QED) is 0.857. The molecule has 1 aromatic rings. The van der Waals surface area contributed by atoms with Crippen LogP contribution in [-0.2, 0) is 0 Å². The van der Waals surface area contributed by atoms with Gasteiger partial charge < -0.3 is 5.11 Å². The third-order valence-electron chi connectivity index (χ3n) is 3.42. The number of rotatable bonds is 2. The smallest absolute Gasteiger partial charge is 0.0921 e. The van der Waals surface area contributed by atoms with Crippen LogP contribution in [-0.4, -0.2) is 5.11 Å². The highest BCUT2D eigenvalue weighted by Gasteiger charge is 2.27. The minimum atomic E-state index is -0.258. The summed E-state index contributed by atoms with van der Waals surface area (Å²) in [6, 6.07) is 2.02. The highest BCUT2D eigenvalue weighted by Crippen LogP contribution is 2.40. The highest BCUT2D eigenvalue weighted by molar-refractivity contribution is 9.10. The van der Waals surface area contributed by atoms with Crippen LogP contribution >= 0.6 is 27.3 Å². The minimum absolute atomic E-state index is 0.258. The fourth-order valence-corrected chi connectivity index (χ4v) is 4.02. The van der Waals surface area contributed by atoms with Crippen LogP contribution in [0.2, 0.25) is 0 Å². The van der Waals surface area contributed by atoms with Gasteiger partial charge in [0.1, 0.15) is 0 Å². The van der Waals surface area contributed by atoms with Gasteiger partial charge >= 0.3 is 0 Å². The van der Waals surface area contributed by atoms with Gasteiger partial charge in [-0.2, -0.15) is 0 Å². The maximum absolute atomic E-state index is 10.3. The van der Waals surface area contributed by atoms with Crippen LogP contribution in [0.4, 0.5) is 0 Å². The van der Waals surface area contributed by atoms with Gasteiger partial charge in [-0.3, -0.25) is 0 Å². The van der Waals surface area contributed by atoms with E-state index in [1.807, 2.05) is 11.4 Å². The van der Waals surface area contributed by atoms with Gasteiger partial charge in [0, 0.05) is 9.35 Å². The SMILES string of the molecule is CC1CCC(C(O)c2sccc2Br)CC1. The molecule has 0 bridgehead atoms. The zero-order valence-corrected chi connectivity index (χ0v) is 11.4. The summed E-state index contributed by atoms with van der Waals surface area (Å²) in [5.41, 5.74) is 0. The lowest BCUT2D eigenvalue weighted by Gasteiger charge is -2.29. The number of halogens is 1. The first kappa shape index (κ1) is 11.6. The van der Waals surface area contributed by atoms with Crippen molar-refractivity contribution in [2.75, 3.05) is 0 Å². The zero-order chi connectivity index (χ0) is 10.8. The molecule has 1 aliphatic carbocycles. The van der Waals surface area contributed by atoms with Gasteiger partial charge in [-0.15, -0.1) is 11.3 Å². The van der Waals surface area contributed by atoms with Crippen molar-refractivity contribution < 1.29 is 5.11 Å². The Balaban J connectivity index is 2.02. The predicted molar refractivity (Wildman–Crippen MR) is 68.1 cm³/mol. The van der Waals surface area contributed by atoms with Crippen molar-refractivity contribution in [3.8, 4) is 0 Å². The van der Waals surface area contributed by atoms with Crippen molar-refractivity contribution >= 4 is 27.3 Å². The van der Waals surface area contributed by atoms with Gasteiger partial charge in [-0.25, -0.2) is 0 Å². The number of hydrogen-bond acceptors (Lipinski definition) is 2. The van der Waals surface area contributed by atoms with E-state index in [9.17, 15) is 5.11 Å². The van der Waals surface area contributed by atoms with E-state index in [2.05, 4.69) is 22.9 Å². The molecule has 1 heterocycles. The molecule has 1 saturated carbocycles. The number of aliphatic hydroxyl groups excluding tert-OH is 1. The van der Waals surface area contributed by atoms with E-state index in [0.29, 0.717) is 5.92 Å². The summed E-state index contributed by atoms with van der Waals surface area (Å²) in [7, 11) is 0. The van der Waals surface area contributed by atoms with Crippen LogP contribution in [0, 0.1) is 11.8 Å². The van der Waals surface area contributed by atoms with Crippen LogP contribution in [0.1, 0.15) is 43.6 Å². The fourth-order valence-electron chi connectivity index (χ4n) is 2.33. The van der Waals surface area contributed by atoms with Crippen LogP contribution in [0.15, 0.2) is 15.9 Å². The van der Waals surface area contributed by atoms with Crippen molar-refractivity contribution in [3.63, 3.8) is 0 Å². The number of aliphatic hydroxyl groups is 1. The molecule has 1 N–H and O–H groups in total. The van der Waals surface area contributed by atoms with Crippen molar-refractivity contribution in [3.05, 3.63) is 20.8 Å². The first-order chi connectivity index (χ1) is 7.18. The van der Waals surface area contributed by atoms with E-state index in [1.165, 1.54) is 25.7 Å². The summed E-state index contributed by atoms with van der Waals surface area (Å²) < 4.78 is 1.07. The van der Waals surface area contributed by atoms with Crippen LogP contribution in [0.3, 0.4) is 0 Å². The van der Waals surface area contributed by atoms with Gasteiger partial charge in [0.25, 0.3) is 0 Å². The molecule has 1 atom stereocenters. The van der Waals surface area contributed by atoms with Gasteiger partial charge in [-0.05, 0) is 52.1 Å². The molecule has 84 valence electrons. The van der Waals surface area contributed by atoms with Crippen molar-refractivity contribution in [2.24, 2.45) is 11.8 Å². The second-order valence-electron chi connectivity index (χ2n) is 4.60. The van der Waals surface area contributed by atoms with E-state index in [1.54, 1.807) is 11.3 Å². The van der Waals surface area contributed by atoms with Crippen LogP contribution < -0.4 is 0 Å². The van der Waals surface area contributed by atoms with Gasteiger partial charge in [0.05, 0.1) is 6.10 Å². The minimum Gasteiger partial charge on any atom is -0.387 e. The summed E-state index contributed by atoms with van der Waals surface area (Å²) in [6.07, 6.45) is 4.63. The van der Waals surface area contributed by atoms with E-state index >= 15 is 0 Å². The number of thiophene rings is 1. The van der Waals surface area contributed by atoms with Gasteiger partial charge in [0.2, 0.25) is 0 Å². The monoisotopic (exact) mass is 288 g/mol. The van der Waals surface area contributed by atoms with Crippen molar-refractivity contribution in [2.45, 2.75) is 38.7 Å². The third kappa shape index (κ3) is 2.63. The molecule has 2 rings (SSSR count). The first-order valence-electron chi connectivity index (χ1n) is 5.59. The molecule has 0 aliphatic heterocycles. The average molecular weight is 289 g/mol. The molecule has 0 radical (unpaired) electrons. The van der Waals surface area contributed by atoms with Crippen LogP contribution in [0.25, 0.3) is 0 Å². The average Bonchev–Trinajstić information content (AvgIpc) is 2.65. The maximum Gasteiger partial charge on any atom is 0.0921 e. The van der Waals surface area contributed by atoms with Crippen LogP contribution in [0.5, 0.6) is 0 Å². The van der Waals surface area contributed by atoms with E-state index < -0.39 is 0 Å². The first-order valence-corrected chi connectivity index (χ1v) is 7.26.